The summed E-state index contributed by atoms with van der Waals surface area (Å²) in [5.74, 6) is 1.43. The number of carbonyl (C=O) groups excluding carboxylic acids is 1. The first kappa shape index (κ1) is 14.9. The number of likely N-dealkylation sites (tertiary alicyclic amines) is 1. The maximum atomic E-state index is 12.8. The van der Waals surface area contributed by atoms with Crippen molar-refractivity contribution in [2.45, 2.75) is 44.9 Å². The Hall–Kier alpha value is -1.62. The second kappa shape index (κ2) is 5.78. The second-order valence-electron chi connectivity index (χ2n) is 7.00. The van der Waals surface area contributed by atoms with E-state index < -0.39 is 0 Å². The van der Waals surface area contributed by atoms with Crippen LogP contribution in [-0.2, 0) is 4.79 Å². The van der Waals surface area contributed by atoms with Crippen LogP contribution in [0.15, 0.2) is 18.2 Å². The molecule has 1 amide bonds. The number of aryl methyl sites for hydroxylation is 2. The van der Waals surface area contributed by atoms with Crippen LogP contribution >= 0.6 is 11.3 Å². The molecule has 0 aromatic carbocycles. The molecule has 2 aromatic heterocycles. The van der Waals surface area contributed by atoms with Crippen LogP contribution in [0.4, 0.5) is 0 Å². The lowest BCUT2D eigenvalue weighted by Gasteiger charge is -2.32. The van der Waals surface area contributed by atoms with E-state index in [1.165, 1.54) is 9.75 Å². The summed E-state index contributed by atoms with van der Waals surface area (Å²) in [5.41, 5.74) is 2.21. The van der Waals surface area contributed by atoms with Crippen LogP contribution in [-0.4, -0.2) is 34.1 Å². The molecule has 1 aliphatic heterocycles. The van der Waals surface area contributed by atoms with E-state index in [1.54, 1.807) is 0 Å². The van der Waals surface area contributed by atoms with Crippen molar-refractivity contribution in [1.82, 2.24) is 15.1 Å². The van der Waals surface area contributed by atoms with E-state index in [1.807, 2.05) is 18.3 Å². The molecule has 0 bridgehead atoms. The van der Waals surface area contributed by atoms with E-state index in [0.29, 0.717) is 17.7 Å². The van der Waals surface area contributed by atoms with Gasteiger partial charge >= 0.3 is 0 Å². The minimum Gasteiger partial charge on any atom is -0.342 e. The summed E-state index contributed by atoms with van der Waals surface area (Å²) < 4.78 is 0. The van der Waals surface area contributed by atoms with E-state index in [0.717, 1.165) is 43.7 Å². The van der Waals surface area contributed by atoms with Gasteiger partial charge in [0.1, 0.15) is 0 Å². The molecule has 3 heterocycles. The lowest BCUT2D eigenvalue weighted by Crippen LogP contribution is -2.40. The number of aromatic nitrogens is 2. The summed E-state index contributed by atoms with van der Waals surface area (Å²) in [6.07, 6.45) is 3.24. The zero-order valence-electron chi connectivity index (χ0n) is 13.7. The SMILES string of the molecule is Cc1cc([C@@H]2CCCN(C(=O)[C@H]3C[C@@H]3c3ccc(C)s3)C2)n[nH]1. The summed E-state index contributed by atoms with van der Waals surface area (Å²) in [5, 5.41) is 7.42. The minimum atomic E-state index is 0.215. The molecule has 5 heteroatoms. The van der Waals surface area contributed by atoms with Crippen molar-refractivity contribution in [2.75, 3.05) is 13.1 Å². The monoisotopic (exact) mass is 329 g/mol. The van der Waals surface area contributed by atoms with E-state index in [2.05, 4.69) is 40.2 Å². The minimum absolute atomic E-state index is 0.215. The first-order chi connectivity index (χ1) is 11.1. The van der Waals surface area contributed by atoms with Gasteiger partial charge in [0, 0.05) is 46.3 Å². The molecule has 2 aromatic rings. The van der Waals surface area contributed by atoms with Gasteiger partial charge in [-0.25, -0.2) is 0 Å². The van der Waals surface area contributed by atoms with Crippen molar-refractivity contribution in [2.24, 2.45) is 5.92 Å². The highest BCUT2D eigenvalue weighted by Gasteiger charge is 2.47. The van der Waals surface area contributed by atoms with Crippen molar-refractivity contribution < 1.29 is 4.79 Å². The Labute approximate surface area is 140 Å². The van der Waals surface area contributed by atoms with Crippen molar-refractivity contribution in [3.63, 3.8) is 0 Å². The van der Waals surface area contributed by atoms with E-state index in [4.69, 9.17) is 0 Å². The zero-order chi connectivity index (χ0) is 16.0. The predicted octanol–water partition coefficient (Wildman–Crippen LogP) is 3.60. The van der Waals surface area contributed by atoms with Gasteiger partial charge < -0.3 is 4.90 Å². The number of piperidine rings is 1. The average molecular weight is 329 g/mol. The van der Waals surface area contributed by atoms with Gasteiger partial charge in [0.25, 0.3) is 0 Å². The largest absolute Gasteiger partial charge is 0.342 e. The number of nitrogens with zero attached hydrogens (tertiary/aromatic N) is 2. The molecule has 4 nitrogen and oxygen atoms in total. The Morgan fingerprint density at radius 2 is 2.26 bits per heavy atom. The summed E-state index contributed by atoms with van der Waals surface area (Å²) in [4.78, 5) is 17.6. The zero-order valence-corrected chi connectivity index (χ0v) is 14.5. The van der Waals surface area contributed by atoms with Crippen molar-refractivity contribution in [1.29, 1.82) is 0 Å². The number of thiophene rings is 1. The topological polar surface area (TPSA) is 49.0 Å². The first-order valence-corrected chi connectivity index (χ1v) is 9.30. The molecular formula is C18H23N3OS. The van der Waals surface area contributed by atoms with Crippen molar-refractivity contribution >= 4 is 17.2 Å². The Morgan fingerprint density at radius 1 is 1.39 bits per heavy atom. The van der Waals surface area contributed by atoms with Gasteiger partial charge in [0.05, 0.1) is 5.69 Å². The van der Waals surface area contributed by atoms with Gasteiger partial charge in [-0.3, -0.25) is 9.89 Å². The molecule has 0 unspecified atom stereocenters. The fourth-order valence-electron chi connectivity index (χ4n) is 3.74. The predicted molar refractivity (Wildman–Crippen MR) is 91.8 cm³/mol. The molecule has 2 fully saturated rings. The van der Waals surface area contributed by atoms with Crippen LogP contribution in [0.25, 0.3) is 0 Å². The third-order valence-electron chi connectivity index (χ3n) is 5.11. The number of H-pyrrole nitrogens is 1. The Morgan fingerprint density at radius 3 is 2.96 bits per heavy atom. The number of aromatic amines is 1. The van der Waals surface area contributed by atoms with E-state index >= 15 is 0 Å². The smallest absolute Gasteiger partial charge is 0.226 e. The Bertz CT molecular complexity index is 719. The number of carbonyl (C=O) groups is 1. The third-order valence-corrected chi connectivity index (χ3v) is 6.24. The standard InChI is InChI=1S/C18H23N3OS/c1-11-8-16(20-19-11)13-4-3-7-21(10-13)18(22)15-9-14(15)17-6-5-12(2)23-17/h5-6,8,13-15H,3-4,7,9-10H2,1-2H3,(H,19,20)/t13-,14+,15+/m1/s1. The van der Waals surface area contributed by atoms with Crippen LogP contribution in [0.2, 0.25) is 0 Å². The molecule has 3 atom stereocenters. The number of nitrogens with one attached hydrogen (secondary N) is 1. The van der Waals surface area contributed by atoms with Crippen LogP contribution in [0.1, 0.15) is 52.2 Å². The quantitative estimate of drug-likeness (QED) is 0.935. The van der Waals surface area contributed by atoms with Crippen molar-refractivity contribution in [3.05, 3.63) is 39.3 Å². The molecule has 1 aliphatic carbocycles. The van der Waals surface area contributed by atoms with Crippen LogP contribution in [0.3, 0.4) is 0 Å². The highest BCUT2D eigenvalue weighted by atomic mass is 32.1. The number of hydrogen-bond donors (Lipinski definition) is 1. The van der Waals surface area contributed by atoms with Gasteiger partial charge in [-0.15, -0.1) is 11.3 Å². The first-order valence-electron chi connectivity index (χ1n) is 8.49. The van der Waals surface area contributed by atoms with Gasteiger partial charge in [0.15, 0.2) is 0 Å². The van der Waals surface area contributed by atoms with Gasteiger partial charge in [0.2, 0.25) is 5.91 Å². The third kappa shape index (κ3) is 2.94. The molecule has 1 N–H and O–H groups in total. The summed E-state index contributed by atoms with van der Waals surface area (Å²) in [6, 6.07) is 6.48. The summed E-state index contributed by atoms with van der Waals surface area (Å²) in [7, 11) is 0. The maximum Gasteiger partial charge on any atom is 0.226 e. The van der Waals surface area contributed by atoms with Crippen molar-refractivity contribution in [3.8, 4) is 0 Å². The number of hydrogen-bond acceptors (Lipinski definition) is 3. The molecule has 1 saturated carbocycles. The fraction of sp³-hybridized carbons (Fsp3) is 0.556. The van der Waals surface area contributed by atoms with Crippen LogP contribution < -0.4 is 0 Å². The normalized spacial score (nSPS) is 27.2. The molecule has 1 saturated heterocycles. The lowest BCUT2D eigenvalue weighted by atomic mass is 9.94. The highest BCUT2D eigenvalue weighted by molar-refractivity contribution is 7.12. The summed E-state index contributed by atoms with van der Waals surface area (Å²) in [6.45, 7) is 5.90. The molecular weight excluding hydrogens is 306 g/mol. The number of amides is 1. The van der Waals surface area contributed by atoms with Gasteiger partial charge in [-0.1, -0.05) is 0 Å². The second-order valence-corrected chi connectivity index (χ2v) is 8.32. The molecule has 0 radical (unpaired) electrons. The van der Waals surface area contributed by atoms with Gasteiger partial charge in [-0.05, 0) is 51.3 Å². The Kier molecular flexibility index (Phi) is 3.76. The lowest BCUT2D eigenvalue weighted by molar-refractivity contribution is -0.133. The molecule has 4 rings (SSSR count). The fourth-order valence-corrected chi connectivity index (χ4v) is 4.79. The van der Waals surface area contributed by atoms with Crippen LogP contribution in [0.5, 0.6) is 0 Å². The molecule has 2 aliphatic rings. The maximum absolute atomic E-state index is 12.8. The molecule has 23 heavy (non-hydrogen) atoms. The summed E-state index contributed by atoms with van der Waals surface area (Å²) >= 11 is 1.84. The van der Waals surface area contributed by atoms with E-state index in [-0.39, 0.29) is 5.92 Å². The average Bonchev–Trinajstić information content (AvgIpc) is 3.04. The molecule has 122 valence electrons. The highest BCUT2D eigenvalue weighted by Crippen LogP contribution is 2.50. The van der Waals surface area contributed by atoms with E-state index in [9.17, 15) is 4.79 Å². The number of rotatable bonds is 3. The Balaban J connectivity index is 1.41. The molecule has 0 spiro atoms. The van der Waals surface area contributed by atoms with Gasteiger partial charge in [-0.2, -0.15) is 5.10 Å². The van der Waals surface area contributed by atoms with Crippen LogP contribution in [0, 0.1) is 19.8 Å².